The molecule has 2 aliphatic heterocycles. The van der Waals surface area contributed by atoms with Gasteiger partial charge in [-0.1, -0.05) is 6.07 Å². The smallest absolute Gasteiger partial charge is 0.233 e. The molecule has 3 rings (SSSR count). The van der Waals surface area contributed by atoms with Crippen LogP contribution in [0.25, 0.3) is 0 Å². The van der Waals surface area contributed by atoms with E-state index < -0.39 is 0 Å². The summed E-state index contributed by atoms with van der Waals surface area (Å²) in [5.74, 6) is 2.16. The molecule has 138 valence electrons. The van der Waals surface area contributed by atoms with Gasteiger partial charge in [-0.15, -0.1) is 11.8 Å². The van der Waals surface area contributed by atoms with Crippen molar-refractivity contribution in [2.45, 2.75) is 11.8 Å². The minimum absolute atomic E-state index is 0.0528. The van der Waals surface area contributed by atoms with Crippen LogP contribution in [0.1, 0.15) is 17.4 Å². The van der Waals surface area contributed by atoms with Gasteiger partial charge in [-0.05, 0) is 24.1 Å². The Kier molecular flexibility index (Phi) is 6.45. The molecule has 2 fully saturated rings. The number of thioether (sulfide) groups is 1. The van der Waals surface area contributed by atoms with Gasteiger partial charge in [0.1, 0.15) is 5.37 Å². The number of rotatable bonds is 7. The first-order valence-electron chi connectivity index (χ1n) is 8.66. The monoisotopic (exact) mass is 366 g/mol. The fourth-order valence-electron chi connectivity index (χ4n) is 3.27. The Morgan fingerprint density at radius 1 is 1.16 bits per heavy atom. The summed E-state index contributed by atoms with van der Waals surface area (Å²) >= 11 is 1.68. The van der Waals surface area contributed by atoms with E-state index >= 15 is 0 Å². The van der Waals surface area contributed by atoms with Crippen LogP contribution in [-0.2, 0) is 9.53 Å². The Hall–Kier alpha value is -1.44. The van der Waals surface area contributed by atoms with Gasteiger partial charge in [-0.3, -0.25) is 9.69 Å². The molecular weight excluding hydrogens is 340 g/mol. The predicted octanol–water partition coefficient (Wildman–Crippen LogP) is 2.00. The summed E-state index contributed by atoms with van der Waals surface area (Å²) in [6.45, 7) is 5.39. The van der Waals surface area contributed by atoms with Crippen LogP contribution in [0.4, 0.5) is 0 Å². The lowest BCUT2D eigenvalue weighted by molar-refractivity contribution is -0.128. The molecule has 2 saturated heterocycles. The van der Waals surface area contributed by atoms with Gasteiger partial charge in [0.25, 0.3) is 0 Å². The maximum absolute atomic E-state index is 12.3. The number of ether oxygens (including phenoxy) is 3. The Bertz CT molecular complexity index is 592. The van der Waals surface area contributed by atoms with Crippen LogP contribution >= 0.6 is 11.8 Å². The number of nitrogens with zero attached hydrogens (tertiary/aromatic N) is 2. The molecule has 1 atom stereocenters. The molecule has 1 amide bonds. The minimum atomic E-state index is 0.0528. The van der Waals surface area contributed by atoms with Crippen LogP contribution in [0.15, 0.2) is 18.2 Å². The lowest BCUT2D eigenvalue weighted by Gasteiger charge is -2.29. The molecule has 7 heteroatoms. The van der Waals surface area contributed by atoms with E-state index in [2.05, 4.69) is 4.90 Å². The van der Waals surface area contributed by atoms with Crippen LogP contribution < -0.4 is 9.47 Å². The highest BCUT2D eigenvalue weighted by Crippen LogP contribution is 2.41. The topological polar surface area (TPSA) is 51.2 Å². The zero-order valence-electron chi connectivity index (χ0n) is 14.9. The van der Waals surface area contributed by atoms with Gasteiger partial charge in [0.15, 0.2) is 11.5 Å². The van der Waals surface area contributed by atoms with E-state index in [1.807, 2.05) is 23.1 Å². The number of hydrogen-bond acceptors (Lipinski definition) is 6. The Balaban J connectivity index is 1.63. The number of carbonyl (C=O) groups is 1. The summed E-state index contributed by atoms with van der Waals surface area (Å²) in [4.78, 5) is 16.7. The number of morpholine rings is 1. The van der Waals surface area contributed by atoms with Crippen molar-refractivity contribution in [3.05, 3.63) is 23.8 Å². The second kappa shape index (κ2) is 8.78. The molecule has 1 unspecified atom stereocenters. The van der Waals surface area contributed by atoms with E-state index in [1.54, 1.807) is 26.0 Å². The Morgan fingerprint density at radius 3 is 2.64 bits per heavy atom. The molecule has 1 aromatic carbocycles. The van der Waals surface area contributed by atoms with Gasteiger partial charge in [-0.2, -0.15) is 0 Å². The molecule has 0 N–H and O–H groups in total. The number of amides is 1. The molecule has 6 nitrogen and oxygen atoms in total. The maximum atomic E-state index is 12.3. The zero-order valence-corrected chi connectivity index (χ0v) is 15.7. The van der Waals surface area contributed by atoms with E-state index in [9.17, 15) is 4.79 Å². The molecule has 0 aromatic heterocycles. The summed E-state index contributed by atoms with van der Waals surface area (Å²) in [7, 11) is 3.26. The molecule has 25 heavy (non-hydrogen) atoms. The highest BCUT2D eigenvalue weighted by molar-refractivity contribution is 8.00. The fourth-order valence-corrected chi connectivity index (χ4v) is 4.48. The average Bonchev–Trinajstić information content (AvgIpc) is 3.02. The summed E-state index contributed by atoms with van der Waals surface area (Å²) in [6.07, 6.45) is 0.982. The van der Waals surface area contributed by atoms with Crippen molar-refractivity contribution < 1.29 is 19.0 Å². The van der Waals surface area contributed by atoms with Crippen molar-refractivity contribution in [1.82, 2.24) is 9.80 Å². The normalized spacial score (nSPS) is 21.6. The molecule has 2 heterocycles. The van der Waals surface area contributed by atoms with E-state index in [4.69, 9.17) is 14.2 Å². The largest absolute Gasteiger partial charge is 0.493 e. The van der Waals surface area contributed by atoms with Crippen LogP contribution in [0, 0.1) is 0 Å². The van der Waals surface area contributed by atoms with E-state index in [0.29, 0.717) is 17.3 Å². The number of hydrogen-bond donors (Lipinski definition) is 0. The fraction of sp³-hybridized carbons (Fsp3) is 0.611. The number of benzene rings is 1. The summed E-state index contributed by atoms with van der Waals surface area (Å²) < 4.78 is 16.1. The highest BCUT2D eigenvalue weighted by atomic mass is 32.2. The van der Waals surface area contributed by atoms with Crippen LogP contribution in [0.5, 0.6) is 11.5 Å². The minimum Gasteiger partial charge on any atom is -0.493 e. The van der Waals surface area contributed by atoms with Gasteiger partial charge >= 0.3 is 0 Å². The Morgan fingerprint density at radius 2 is 1.92 bits per heavy atom. The molecule has 1 aromatic rings. The summed E-state index contributed by atoms with van der Waals surface area (Å²) in [5, 5.41) is 0.0528. The quantitative estimate of drug-likeness (QED) is 0.736. The van der Waals surface area contributed by atoms with Crippen molar-refractivity contribution in [2.75, 3.05) is 59.4 Å². The average molecular weight is 366 g/mol. The first kappa shape index (κ1) is 18.4. The number of methoxy groups -OCH3 is 2. The van der Waals surface area contributed by atoms with Crippen molar-refractivity contribution >= 4 is 17.7 Å². The van der Waals surface area contributed by atoms with Crippen molar-refractivity contribution in [3.63, 3.8) is 0 Å². The third-order valence-electron chi connectivity index (χ3n) is 4.64. The molecular formula is C18H26N2O4S. The van der Waals surface area contributed by atoms with E-state index in [0.717, 1.165) is 51.4 Å². The Labute approximate surface area is 153 Å². The van der Waals surface area contributed by atoms with E-state index in [1.165, 1.54) is 0 Å². The standard InChI is InChI=1S/C18H26N2O4S/c1-22-15-5-4-14(12-16(15)23-2)18-20(17(21)13-25-18)7-3-6-19-8-10-24-11-9-19/h4-5,12,18H,3,6-11,13H2,1-2H3. The van der Waals surface area contributed by atoms with Gasteiger partial charge < -0.3 is 19.1 Å². The van der Waals surface area contributed by atoms with Crippen molar-refractivity contribution in [1.29, 1.82) is 0 Å². The van der Waals surface area contributed by atoms with Gasteiger partial charge in [-0.25, -0.2) is 0 Å². The van der Waals surface area contributed by atoms with Gasteiger partial charge in [0.2, 0.25) is 5.91 Å². The molecule has 2 aliphatic rings. The maximum Gasteiger partial charge on any atom is 0.233 e. The third-order valence-corrected chi connectivity index (χ3v) is 5.89. The summed E-state index contributed by atoms with van der Waals surface area (Å²) in [5.41, 5.74) is 1.08. The number of carbonyl (C=O) groups excluding carboxylic acids is 1. The SMILES string of the molecule is COc1ccc(C2SCC(=O)N2CCCN2CCOCC2)cc1OC. The zero-order chi connectivity index (χ0) is 17.6. The molecule has 0 aliphatic carbocycles. The van der Waals surface area contributed by atoms with Gasteiger partial charge in [0, 0.05) is 26.2 Å². The van der Waals surface area contributed by atoms with Crippen molar-refractivity contribution in [2.24, 2.45) is 0 Å². The summed E-state index contributed by atoms with van der Waals surface area (Å²) in [6, 6.07) is 5.90. The first-order chi connectivity index (χ1) is 12.2. The lowest BCUT2D eigenvalue weighted by Crippen LogP contribution is -2.38. The van der Waals surface area contributed by atoms with E-state index in [-0.39, 0.29) is 11.3 Å². The molecule has 0 saturated carbocycles. The second-order valence-corrected chi connectivity index (χ2v) is 7.24. The second-order valence-electron chi connectivity index (χ2n) is 6.17. The lowest BCUT2D eigenvalue weighted by atomic mass is 10.1. The molecule has 0 radical (unpaired) electrons. The van der Waals surface area contributed by atoms with Crippen LogP contribution in [-0.4, -0.2) is 75.1 Å². The molecule has 0 spiro atoms. The molecule has 0 bridgehead atoms. The third kappa shape index (κ3) is 4.40. The van der Waals surface area contributed by atoms with Crippen LogP contribution in [0.2, 0.25) is 0 Å². The predicted molar refractivity (Wildman–Crippen MR) is 98.3 cm³/mol. The van der Waals surface area contributed by atoms with Gasteiger partial charge in [0.05, 0.1) is 33.2 Å². The van der Waals surface area contributed by atoms with Crippen molar-refractivity contribution in [3.8, 4) is 11.5 Å². The highest BCUT2D eigenvalue weighted by Gasteiger charge is 2.33. The first-order valence-corrected chi connectivity index (χ1v) is 9.71. The van der Waals surface area contributed by atoms with Crippen LogP contribution in [0.3, 0.4) is 0 Å².